The van der Waals surface area contributed by atoms with Crippen molar-refractivity contribution in [3.8, 4) is 5.75 Å². The minimum atomic E-state index is 0.0956. The van der Waals surface area contributed by atoms with E-state index in [1.54, 1.807) is 0 Å². The summed E-state index contributed by atoms with van der Waals surface area (Å²) in [6.45, 7) is 0.344. The molecule has 0 aliphatic carbocycles. The third-order valence-corrected chi connectivity index (χ3v) is 1.83. The number of benzene rings is 1. The summed E-state index contributed by atoms with van der Waals surface area (Å²) in [7, 11) is 0. The van der Waals surface area contributed by atoms with Crippen LogP contribution in [0, 0.1) is 0 Å². The number of hydrogen-bond donors (Lipinski definition) is 1. The van der Waals surface area contributed by atoms with E-state index in [0.717, 1.165) is 5.75 Å². The van der Waals surface area contributed by atoms with E-state index in [4.69, 9.17) is 15.2 Å². The van der Waals surface area contributed by atoms with Crippen LogP contribution < -0.4 is 10.6 Å². The molecule has 2 N–H and O–H groups in total. The van der Waals surface area contributed by atoms with Gasteiger partial charge in [0.05, 0.1) is 0 Å². The van der Waals surface area contributed by atoms with Gasteiger partial charge in [-0.1, -0.05) is 23.4 Å². The highest BCUT2D eigenvalue weighted by atomic mass is 16.6. The lowest BCUT2D eigenvalue weighted by Gasteiger charge is -2.01. The molecule has 0 aliphatic rings. The summed E-state index contributed by atoms with van der Waals surface area (Å²) < 4.78 is 10.3. The molecular formula is C10H11N3O3. The molecular weight excluding hydrogens is 210 g/mol. The Balaban J connectivity index is 1.89. The molecule has 1 heterocycles. The lowest BCUT2D eigenvalue weighted by molar-refractivity contribution is 0.0995. The summed E-state index contributed by atoms with van der Waals surface area (Å²) >= 11 is 0. The molecule has 0 fully saturated rings. The maximum Gasteiger partial charge on any atom is 0.254 e. The van der Waals surface area contributed by atoms with Crippen LogP contribution in [0.15, 0.2) is 34.9 Å². The van der Waals surface area contributed by atoms with Gasteiger partial charge < -0.3 is 9.26 Å². The lowest BCUT2D eigenvalue weighted by Crippen LogP contribution is -2.00. The van der Waals surface area contributed by atoms with Crippen LogP contribution in [-0.4, -0.2) is 10.1 Å². The maximum absolute atomic E-state index is 5.43. The first-order chi connectivity index (χ1) is 7.88. The summed E-state index contributed by atoms with van der Waals surface area (Å²) in [5.74, 6) is 6.41. The van der Waals surface area contributed by atoms with Gasteiger partial charge in [0.2, 0.25) is 5.82 Å². The Morgan fingerprint density at radius 1 is 1.19 bits per heavy atom. The molecule has 0 saturated heterocycles. The van der Waals surface area contributed by atoms with Gasteiger partial charge >= 0.3 is 0 Å². The molecule has 1 aromatic heterocycles. The number of nitrogens with zero attached hydrogens (tertiary/aromatic N) is 2. The topological polar surface area (TPSA) is 83.4 Å². The largest absolute Gasteiger partial charge is 0.485 e. The smallest absolute Gasteiger partial charge is 0.254 e. The quantitative estimate of drug-likeness (QED) is 0.759. The molecule has 0 bridgehead atoms. The number of rotatable bonds is 5. The minimum Gasteiger partial charge on any atom is -0.485 e. The van der Waals surface area contributed by atoms with Crippen molar-refractivity contribution in [3.05, 3.63) is 42.0 Å². The first kappa shape index (κ1) is 10.6. The van der Waals surface area contributed by atoms with Crippen LogP contribution in [0.2, 0.25) is 0 Å². The van der Waals surface area contributed by atoms with E-state index < -0.39 is 0 Å². The van der Waals surface area contributed by atoms with Gasteiger partial charge in [-0.3, -0.25) is 4.84 Å². The van der Waals surface area contributed by atoms with E-state index in [-0.39, 0.29) is 13.2 Å². The summed E-state index contributed by atoms with van der Waals surface area (Å²) in [4.78, 5) is 8.37. The third kappa shape index (κ3) is 2.78. The standard InChI is InChI=1S/C10H11N3O3/c11-15-7-10-12-9(13-16-10)6-14-8-4-2-1-3-5-8/h1-5H,6-7,11H2. The summed E-state index contributed by atoms with van der Waals surface area (Å²) in [5.41, 5.74) is 0. The van der Waals surface area contributed by atoms with Gasteiger partial charge in [0.1, 0.15) is 12.4 Å². The average Bonchev–Trinajstić information content (AvgIpc) is 2.76. The maximum atomic E-state index is 5.43. The predicted octanol–water partition coefficient (Wildman–Crippen LogP) is 1.04. The van der Waals surface area contributed by atoms with E-state index >= 15 is 0 Å². The Morgan fingerprint density at radius 3 is 2.75 bits per heavy atom. The number of nitrogens with two attached hydrogens (primary N) is 1. The van der Waals surface area contributed by atoms with Gasteiger partial charge in [0.25, 0.3) is 5.89 Å². The van der Waals surface area contributed by atoms with Gasteiger partial charge in [-0.15, -0.1) is 0 Å². The minimum absolute atomic E-state index is 0.0956. The molecule has 2 rings (SSSR count). The normalized spacial score (nSPS) is 10.3. The molecule has 0 aliphatic heterocycles. The second kappa shape index (κ2) is 5.24. The van der Waals surface area contributed by atoms with E-state index in [1.165, 1.54) is 0 Å². The van der Waals surface area contributed by atoms with E-state index in [1.807, 2.05) is 30.3 Å². The average molecular weight is 221 g/mol. The SMILES string of the molecule is NOCc1nc(COc2ccccc2)no1. The molecule has 84 valence electrons. The Bertz CT molecular complexity index is 430. The lowest BCUT2D eigenvalue weighted by atomic mass is 10.3. The summed E-state index contributed by atoms with van der Waals surface area (Å²) in [6.07, 6.45) is 0. The van der Waals surface area contributed by atoms with Crippen LogP contribution in [-0.2, 0) is 18.1 Å². The van der Waals surface area contributed by atoms with Crippen molar-refractivity contribution in [2.75, 3.05) is 0 Å². The second-order valence-corrected chi connectivity index (χ2v) is 3.02. The molecule has 1 aromatic carbocycles. The van der Waals surface area contributed by atoms with Gasteiger partial charge in [-0.2, -0.15) is 4.98 Å². The molecule has 0 spiro atoms. The van der Waals surface area contributed by atoms with Gasteiger partial charge in [0.15, 0.2) is 6.61 Å². The zero-order valence-electron chi connectivity index (χ0n) is 8.50. The number of para-hydroxylation sites is 1. The van der Waals surface area contributed by atoms with Gasteiger partial charge in [0, 0.05) is 0 Å². The fourth-order valence-electron chi connectivity index (χ4n) is 1.14. The molecule has 0 atom stereocenters. The Hall–Kier alpha value is -1.92. The monoisotopic (exact) mass is 221 g/mol. The Morgan fingerprint density at radius 2 is 2.00 bits per heavy atom. The first-order valence-corrected chi connectivity index (χ1v) is 4.69. The van der Waals surface area contributed by atoms with Gasteiger partial charge in [-0.05, 0) is 12.1 Å². The fraction of sp³-hybridized carbons (Fsp3) is 0.200. The van der Waals surface area contributed by atoms with E-state index in [9.17, 15) is 0 Å². The molecule has 0 saturated carbocycles. The Kier molecular flexibility index (Phi) is 3.47. The fourth-order valence-corrected chi connectivity index (χ4v) is 1.14. The number of aromatic nitrogens is 2. The molecule has 16 heavy (non-hydrogen) atoms. The van der Waals surface area contributed by atoms with E-state index in [2.05, 4.69) is 15.0 Å². The molecule has 6 nitrogen and oxygen atoms in total. The molecule has 6 heteroatoms. The highest BCUT2D eigenvalue weighted by Gasteiger charge is 2.06. The van der Waals surface area contributed by atoms with Crippen LogP contribution in [0.5, 0.6) is 5.75 Å². The van der Waals surface area contributed by atoms with Crippen molar-refractivity contribution in [1.82, 2.24) is 10.1 Å². The molecule has 0 radical (unpaired) electrons. The predicted molar refractivity (Wildman–Crippen MR) is 54.0 cm³/mol. The summed E-state index contributed by atoms with van der Waals surface area (Å²) in [5, 5.41) is 3.70. The van der Waals surface area contributed by atoms with Crippen molar-refractivity contribution >= 4 is 0 Å². The molecule has 2 aromatic rings. The molecule has 0 amide bonds. The highest BCUT2D eigenvalue weighted by molar-refractivity contribution is 5.20. The second-order valence-electron chi connectivity index (χ2n) is 3.02. The van der Waals surface area contributed by atoms with Crippen LogP contribution in [0.1, 0.15) is 11.7 Å². The van der Waals surface area contributed by atoms with Crippen LogP contribution in [0.3, 0.4) is 0 Å². The van der Waals surface area contributed by atoms with Crippen LogP contribution >= 0.6 is 0 Å². The third-order valence-electron chi connectivity index (χ3n) is 1.83. The van der Waals surface area contributed by atoms with Crippen LogP contribution in [0.25, 0.3) is 0 Å². The summed E-state index contributed by atoms with van der Waals surface area (Å²) in [6, 6.07) is 9.39. The zero-order valence-corrected chi connectivity index (χ0v) is 8.50. The number of ether oxygens (including phenoxy) is 1. The van der Waals surface area contributed by atoms with Crippen molar-refractivity contribution in [3.63, 3.8) is 0 Å². The highest BCUT2D eigenvalue weighted by Crippen LogP contribution is 2.10. The Labute approximate surface area is 91.9 Å². The van der Waals surface area contributed by atoms with Crippen molar-refractivity contribution in [2.24, 2.45) is 5.90 Å². The van der Waals surface area contributed by atoms with Crippen molar-refractivity contribution < 1.29 is 14.1 Å². The first-order valence-electron chi connectivity index (χ1n) is 4.69. The number of hydrogen-bond acceptors (Lipinski definition) is 6. The van der Waals surface area contributed by atoms with Gasteiger partial charge in [-0.25, -0.2) is 5.90 Å². The zero-order chi connectivity index (χ0) is 11.2. The van der Waals surface area contributed by atoms with Crippen LogP contribution in [0.4, 0.5) is 0 Å². The molecule has 0 unspecified atom stereocenters. The van der Waals surface area contributed by atoms with E-state index in [0.29, 0.717) is 11.7 Å². The van der Waals surface area contributed by atoms with Crippen molar-refractivity contribution in [1.29, 1.82) is 0 Å². The van der Waals surface area contributed by atoms with Crippen molar-refractivity contribution in [2.45, 2.75) is 13.2 Å².